The van der Waals surface area contributed by atoms with Crippen LogP contribution in [0.5, 0.6) is 0 Å². The first kappa shape index (κ1) is 12.5. The molecule has 0 aliphatic heterocycles. The fraction of sp³-hybridized carbons (Fsp3) is 0.143. The van der Waals surface area contributed by atoms with Crippen molar-refractivity contribution in [3.8, 4) is 0 Å². The van der Waals surface area contributed by atoms with Crippen LogP contribution in [0.2, 0.25) is 5.02 Å². The van der Waals surface area contributed by atoms with E-state index in [2.05, 4.69) is 0 Å². The molecule has 0 spiro atoms. The molecule has 0 amide bonds. The van der Waals surface area contributed by atoms with E-state index in [0.29, 0.717) is 0 Å². The SMILES string of the molecule is Cc1ccc([S-](=O)=O)c(Cl)c1.[Na+]. The molecule has 1 aromatic rings. The van der Waals surface area contributed by atoms with Crippen molar-refractivity contribution in [2.75, 3.05) is 0 Å². The molecule has 60 valence electrons. The minimum atomic E-state index is -2.23. The van der Waals surface area contributed by atoms with Crippen LogP contribution in [0.3, 0.4) is 0 Å². The summed E-state index contributed by atoms with van der Waals surface area (Å²) < 4.78 is 20.9. The molecule has 0 N–H and O–H groups in total. The van der Waals surface area contributed by atoms with Crippen molar-refractivity contribution in [1.29, 1.82) is 0 Å². The van der Waals surface area contributed by atoms with Crippen LogP contribution >= 0.6 is 11.6 Å². The van der Waals surface area contributed by atoms with Crippen LogP contribution < -0.4 is 29.6 Å². The average molecular weight is 213 g/mol. The molecule has 2 nitrogen and oxygen atoms in total. The maximum Gasteiger partial charge on any atom is 1.00 e. The molecule has 0 aromatic heterocycles. The zero-order chi connectivity index (χ0) is 8.43. The molecule has 0 fully saturated rings. The normalized spacial score (nSPS) is 9.58. The van der Waals surface area contributed by atoms with Gasteiger partial charge in [0.25, 0.3) is 0 Å². The number of hydrogen-bond donors (Lipinski definition) is 0. The van der Waals surface area contributed by atoms with Gasteiger partial charge in [0, 0.05) is 5.02 Å². The summed E-state index contributed by atoms with van der Waals surface area (Å²) in [6.07, 6.45) is 0. The first-order valence-electron chi connectivity index (χ1n) is 2.96. The molecule has 0 saturated carbocycles. The Kier molecular flexibility index (Phi) is 5.45. The second-order valence-electron chi connectivity index (χ2n) is 2.17. The Labute approximate surface area is 100 Å². The predicted octanol–water partition coefficient (Wildman–Crippen LogP) is -0.679. The summed E-state index contributed by atoms with van der Waals surface area (Å²) in [5.74, 6) is 0. The second-order valence-corrected chi connectivity index (χ2v) is 3.49. The van der Waals surface area contributed by atoms with Crippen LogP contribution in [0.25, 0.3) is 0 Å². The fourth-order valence-corrected chi connectivity index (χ4v) is 1.56. The summed E-state index contributed by atoms with van der Waals surface area (Å²) in [5, 5.41) is 0.276. The molecular formula is C7H6ClNaO2S. The number of aryl methyl sites for hydroxylation is 1. The van der Waals surface area contributed by atoms with E-state index < -0.39 is 10.7 Å². The molecule has 12 heavy (non-hydrogen) atoms. The van der Waals surface area contributed by atoms with Gasteiger partial charge in [0.1, 0.15) is 0 Å². The van der Waals surface area contributed by atoms with Crippen LogP contribution in [0.15, 0.2) is 23.1 Å². The summed E-state index contributed by atoms with van der Waals surface area (Å²) in [4.78, 5) is 0.150. The maximum absolute atomic E-state index is 10.4. The van der Waals surface area contributed by atoms with Gasteiger partial charge in [-0.1, -0.05) is 28.6 Å². The number of benzene rings is 1. The van der Waals surface area contributed by atoms with Crippen LogP contribution in [0.1, 0.15) is 5.56 Å². The van der Waals surface area contributed by atoms with Crippen LogP contribution in [-0.4, -0.2) is 0 Å². The van der Waals surface area contributed by atoms with Crippen molar-refractivity contribution >= 4 is 22.3 Å². The summed E-state index contributed by atoms with van der Waals surface area (Å²) in [6.45, 7) is 1.85. The molecule has 1 rings (SSSR count). The van der Waals surface area contributed by atoms with Crippen LogP contribution in [-0.2, 0) is 19.1 Å². The average Bonchev–Trinajstić information content (AvgIpc) is 1.85. The van der Waals surface area contributed by atoms with Gasteiger partial charge in [-0.2, -0.15) is 0 Å². The van der Waals surface area contributed by atoms with E-state index in [-0.39, 0.29) is 39.5 Å². The molecule has 1 aromatic carbocycles. The topological polar surface area (TPSA) is 34.1 Å². The smallest absolute Gasteiger partial charge is 0.420 e. The summed E-state index contributed by atoms with van der Waals surface area (Å²) in [5.41, 5.74) is 0.948. The first-order valence-corrected chi connectivity index (χ1v) is 4.42. The Morgan fingerprint density at radius 1 is 1.33 bits per heavy atom. The van der Waals surface area contributed by atoms with E-state index in [9.17, 15) is 8.42 Å². The monoisotopic (exact) mass is 212 g/mol. The van der Waals surface area contributed by atoms with Gasteiger partial charge in [-0.05, 0) is 29.3 Å². The maximum atomic E-state index is 10.4. The van der Waals surface area contributed by atoms with Crippen molar-refractivity contribution in [1.82, 2.24) is 0 Å². The molecule has 0 heterocycles. The zero-order valence-corrected chi connectivity index (χ0v) is 10.4. The van der Waals surface area contributed by atoms with E-state index in [0.717, 1.165) is 5.56 Å². The van der Waals surface area contributed by atoms with E-state index in [1.54, 1.807) is 12.1 Å². The van der Waals surface area contributed by atoms with E-state index >= 15 is 0 Å². The Hall–Kier alpha value is 0.460. The van der Waals surface area contributed by atoms with Gasteiger partial charge in [-0.15, -0.1) is 0 Å². The molecule has 0 bridgehead atoms. The molecule has 0 radical (unpaired) electrons. The summed E-state index contributed by atoms with van der Waals surface area (Å²) in [6, 6.07) is 4.81. The molecule has 5 heteroatoms. The van der Waals surface area contributed by atoms with Gasteiger partial charge in [0.2, 0.25) is 0 Å². The summed E-state index contributed by atoms with van der Waals surface area (Å²) >= 11 is 5.63. The van der Waals surface area contributed by atoms with Gasteiger partial charge in [0.05, 0.1) is 0 Å². The molecule has 0 aliphatic rings. The Morgan fingerprint density at radius 2 is 1.92 bits per heavy atom. The number of rotatable bonds is 1. The third-order valence-corrected chi connectivity index (χ3v) is 2.41. The zero-order valence-electron chi connectivity index (χ0n) is 6.83. The van der Waals surface area contributed by atoms with Gasteiger partial charge in [0.15, 0.2) is 0 Å². The predicted molar refractivity (Wildman–Crippen MR) is 43.2 cm³/mol. The molecule has 0 aliphatic carbocycles. The van der Waals surface area contributed by atoms with E-state index in [1.165, 1.54) is 6.07 Å². The third-order valence-electron chi connectivity index (χ3n) is 1.27. The van der Waals surface area contributed by atoms with E-state index in [4.69, 9.17) is 11.6 Å². The van der Waals surface area contributed by atoms with E-state index in [1.807, 2.05) is 6.92 Å². The van der Waals surface area contributed by atoms with Crippen molar-refractivity contribution in [2.45, 2.75) is 11.8 Å². The van der Waals surface area contributed by atoms with Crippen molar-refractivity contribution in [2.24, 2.45) is 0 Å². The van der Waals surface area contributed by atoms with Gasteiger partial charge < -0.3 is 8.42 Å². The van der Waals surface area contributed by atoms with Crippen molar-refractivity contribution in [3.05, 3.63) is 28.8 Å². The van der Waals surface area contributed by atoms with Crippen molar-refractivity contribution in [3.63, 3.8) is 0 Å². The van der Waals surface area contributed by atoms with Crippen LogP contribution in [0.4, 0.5) is 0 Å². The van der Waals surface area contributed by atoms with Gasteiger partial charge in [-0.25, -0.2) is 0 Å². The van der Waals surface area contributed by atoms with Gasteiger partial charge in [-0.3, -0.25) is 0 Å². The molecule has 0 saturated heterocycles. The fourth-order valence-electron chi connectivity index (χ4n) is 0.741. The third kappa shape index (κ3) is 3.07. The van der Waals surface area contributed by atoms with Crippen LogP contribution in [0, 0.1) is 6.92 Å². The van der Waals surface area contributed by atoms with Gasteiger partial charge >= 0.3 is 29.6 Å². The molecule has 0 atom stereocenters. The minimum absolute atomic E-state index is 0. The Morgan fingerprint density at radius 3 is 2.33 bits per heavy atom. The Balaban J connectivity index is 0.00000121. The summed E-state index contributed by atoms with van der Waals surface area (Å²) in [7, 11) is -2.23. The number of halogens is 1. The Bertz CT molecular complexity index is 341. The standard InChI is InChI=1S/C7H6ClO2S.Na/c1-5-2-3-7(11(9)10)6(8)4-5;/h2-4H,1H3;/q-1;+1. The quantitative estimate of drug-likeness (QED) is 0.457. The molecule has 0 unspecified atom stereocenters. The largest absolute Gasteiger partial charge is 1.00 e. The second kappa shape index (κ2) is 5.25. The van der Waals surface area contributed by atoms with Crippen molar-refractivity contribution < 1.29 is 38.0 Å². The minimum Gasteiger partial charge on any atom is -0.420 e. The first-order chi connectivity index (χ1) is 5.11. The number of hydrogen-bond acceptors (Lipinski definition) is 3. The molecular weight excluding hydrogens is 207 g/mol.